The molecule has 4 saturated carbocycles. The molecular weight excluding hydrogens is 511 g/mol. The maximum atomic E-state index is 14.6. The number of alkyl halides is 17. The predicted octanol–water partition coefficient (Wildman–Crippen LogP) is 4.96. The molecule has 0 aliphatic heterocycles. The summed E-state index contributed by atoms with van der Waals surface area (Å²) in [4.78, 5) is 10.7. The van der Waals surface area contributed by atoms with Crippen LogP contribution in [0, 0.1) is 11.3 Å². The molecule has 4 aliphatic carbocycles. The van der Waals surface area contributed by atoms with Crippen molar-refractivity contribution in [1.29, 1.82) is 0 Å². The van der Waals surface area contributed by atoms with Gasteiger partial charge in [0.25, 0.3) is 11.3 Å². The van der Waals surface area contributed by atoms with Gasteiger partial charge >= 0.3 is 53.0 Å². The van der Waals surface area contributed by atoms with Crippen molar-refractivity contribution in [2.24, 2.45) is 11.3 Å². The van der Waals surface area contributed by atoms with E-state index in [-0.39, 0.29) is 0 Å². The maximum Gasteiger partial charge on any atom is 0.423 e. The first-order valence-electron chi connectivity index (χ1n) is 7.62. The topological polar surface area (TPSA) is 26.3 Å². The van der Waals surface area contributed by atoms with Gasteiger partial charge in [-0.2, -0.15) is 17.6 Å². The minimum Gasteiger partial charge on any atom is -0.398 e. The Morgan fingerprint density at radius 2 is 1.00 bits per heavy atom. The van der Waals surface area contributed by atoms with Crippen molar-refractivity contribution in [3.63, 3.8) is 0 Å². The van der Waals surface area contributed by atoms with Gasteiger partial charge in [-0.05, 0) is 0 Å². The Morgan fingerprint density at radius 1 is 0.656 bits per heavy atom. The fraction of sp³-hybridized carbons (Fsp3) is 0.923. The Kier molecular flexibility index (Phi) is 4.15. The number of hydrogen-bond donors (Lipinski definition) is 0. The fourth-order valence-corrected chi connectivity index (χ4v) is 4.71. The van der Waals surface area contributed by atoms with Crippen LogP contribution in [0.1, 0.15) is 0 Å². The first kappa shape index (κ1) is 24.9. The van der Waals surface area contributed by atoms with Gasteiger partial charge < -0.3 is 4.74 Å². The molecule has 186 valence electrons. The van der Waals surface area contributed by atoms with Crippen molar-refractivity contribution in [2.45, 2.75) is 53.0 Å². The van der Waals surface area contributed by atoms with E-state index in [4.69, 9.17) is 0 Å². The second-order valence-electron chi connectivity index (χ2n) is 7.22. The van der Waals surface area contributed by atoms with Crippen molar-refractivity contribution in [3.05, 3.63) is 0 Å². The van der Waals surface area contributed by atoms with Gasteiger partial charge in [-0.15, -0.1) is 0 Å². The summed E-state index contributed by atoms with van der Waals surface area (Å²) in [5.41, 5.74) is -23.6. The zero-order valence-corrected chi connectivity index (χ0v) is 14.0. The molecule has 0 aromatic carbocycles. The molecule has 4 aliphatic rings. The van der Waals surface area contributed by atoms with Crippen LogP contribution in [0.15, 0.2) is 0 Å². The van der Waals surface area contributed by atoms with E-state index in [9.17, 15) is 79.4 Å². The van der Waals surface area contributed by atoms with E-state index < -0.39 is 77.0 Å². The summed E-state index contributed by atoms with van der Waals surface area (Å²) in [6, 6.07) is 0. The first-order chi connectivity index (χ1) is 13.8. The molecule has 4 fully saturated rings. The average molecular weight is 514 g/mol. The van der Waals surface area contributed by atoms with Crippen LogP contribution in [-0.4, -0.2) is 65.6 Å². The van der Waals surface area contributed by atoms with E-state index >= 15 is 0 Å². The van der Waals surface area contributed by atoms with Gasteiger partial charge in [0, 0.05) is 0 Å². The van der Waals surface area contributed by atoms with Crippen LogP contribution in [0.25, 0.3) is 0 Å². The highest BCUT2D eigenvalue weighted by atomic mass is 19.3. The van der Waals surface area contributed by atoms with Crippen LogP contribution in [0.3, 0.4) is 0 Å². The fourth-order valence-electron chi connectivity index (χ4n) is 4.71. The molecule has 2 atom stereocenters. The molecule has 0 saturated heterocycles. The highest BCUT2D eigenvalue weighted by Gasteiger charge is 3.21. The van der Waals surface area contributed by atoms with Crippen molar-refractivity contribution in [2.75, 3.05) is 6.67 Å². The molecule has 0 radical (unpaired) electrons. The molecule has 0 N–H and O–H groups in total. The summed E-state index contributed by atoms with van der Waals surface area (Å²) in [5, 5.41) is 0. The second kappa shape index (κ2) is 5.33. The smallest absolute Gasteiger partial charge is 0.398 e. The number of halogens is 17. The maximum absolute atomic E-state index is 14.6. The lowest BCUT2D eigenvalue weighted by atomic mass is 9.37. The summed E-state index contributed by atoms with van der Waals surface area (Å²) in [6.45, 7) is -2.93. The summed E-state index contributed by atoms with van der Waals surface area (Å²) in [7, 11) is 0. The van der Waals surface area contributed by atoms with Gasteiger partial charge in [-0.25, -0.2) is 61.9 Å². The average Bonchev–Trinajstić information content (AvgIpc) is 2.54. The zero-order chi connectivity index (χ0) is 25.6. The standard InChI is InChI=1S/C13H3F17O2/c14-1-2(31)32-13(29,30)7-4(15,16)3-5(17,18)8(21,10(7,23)24)12(27,28)9(22,6(3,19)20)11(7,25)26/h3H,1H2. The van der Waals surface area contributed by atoms with Crippen LogP contribution in [-0.2, 0) is 9.53 Å². The van der Waals surface area contributed by atoms with Gasteiger partial charge in [0.2, 0.25) is 0 Å². The molecular formula is C13H3F17O2. The van der Waals surface area contributed by atoms with E-state index in [1.165, 1.54) is 0 Å². The molecule has 2 unspecified atom stereocenters. The van der Waals surface area contributed by atoms with Crippen molar-refractivity contribution in [3.8, 4) is 0 Å². The molecule has 32 heavy (non-hydrogen) atoms. The molecule has 0 aromatic rings. The molecule has 0 amide bonds. The van der Waals surface area contributed by atoms with Crippen LogP contribution in [0.5, 0.6) is 0 Å². The Balaban J connectivity index is 2.65. The van der Waals surface area contributed by atoms with E-state index in [0.29, 0.717) is 0 Å². The van der Waals surface area contributed by atoms with Crippen LogP contribution < -0.4 is 0 Å². The third-order valence-corrected chi connectivity index (χ3v) is 5.97. The third-order valence-electron chi connectivity index (χ3n) is 5.97. The van der Waals surface area contributed by atoms with Gasteiger partial charge in [0.1, 0.15) is 0 Å². The molecule has 2 nitrogen and oxygen atoms in total. The summed E-state index contributed by atoms with van der Waals surface area (Å²) in [6.07, 6.45) is -7.58. The van der Waals surface area contributed by atoms with Crippen molar-refractivity contribution >= 4 is 5.97 Å². The van der Waals surface area contributed by atoms with Crippen LogP contribution in [0.2, 0.25) is 0 Å². The first-order valence-corrected chi connectivity index (χ1v) is 7.62. The van der Waals surface area contributed by atoms with E-state index in [1.807, 2.05) is 0 Å². The molecule has 0 aromatic heterocycles. The summed E-state index contributed by atoms with van der Waals surface area (Å²) >= 11 is 0. The molecule has 4 bridgehead atoms. The van der Waals surface area contributed by atoms with Gasteiger partial charge in [-0.1, -0.05) is 0 Å². The number of esters is 1. The van der Waals surface area contributed by atoms with E-state index in [0.717, 1.165) is 0 Å². The Labute approximate surface area is 162 Å². The van der Waals surface area contributed by atoms with Crippen molar-refractivity contribution < 1.29 is 84.2 Å². The molecule has 19 heteroatoms. The lowest BCUT2D eigenvalue weighted by Gasteiger charge is -2.73. The van der Waals surface area contributed by atoms with Crippen LogP contribution >= 0.6 is 0 Å². The molecule has 0 spiro atoms. The van der Waals surface area contributed by atoms with Crippen LogP contribution in [0.4, 0.5) is 74.6 Å². The Morgan fingerprint density at radius 3 is 1.31 bits per heavy atom. The largest absolute Gasteiger partial charge is 0.423 e. The second-order valence-corrected chi connectivity index (χ2v) is 7.22. The Hall–Kier alpha value is -1.72. The third kappa shape index (κ3) is 1.64. The van der Waals surface area contributed by atoms with Crippen molar-refractivity contribution in [1.82, 2.24) is 0 Å². The lowest BCUT2D eigenvalue weighted by Crippen LogP contribution is -3.05. The summed E-state index contributed by atoms with van der Waals surface area (Å²) < 4.78 is 244. The van der Waals surface area contributed by atoms with Gasteiger partial charge in [0.05, 0.1) is 0 Å². The summed E-state index contributed by atoms with van der Waals surface area (Å²) in [5.74, 6) is -56.8. The zero-order valence-electron chi connectivity index (χ0n) is 14.0. The minimum absolute atomic E-state index is 2.32. The number of hydrogen-bond acceptors (Lipinski definition) is 2. The molecule has 0 heterocycles. The number of carbonyl (C=O) groups excluding carboxylic acids is 1. The Bertz CT molecular complexity index is 836. The highest BCUT2D eigenvalue weighted by molar-refractivity contribution is 5.71. The quantitative estimate of drug-likeness (QED) is 0.393. The lowest BCUT2D eigenvalue weighted by molar-refractivity contribution is -0.622. The van der Waals surface area contributed by atoms with E-state index in [1.54, 1.807) is 0 Å². The molecule has 4 rings (SSSR count). The minimum atomic E-state index is -8.21. The SMILES string of the molecule is O=C(CF)OC(F)(F)C12C(F)(F)C3C(F)(F)C(F)(C(F)(F)C(F)(C3(F)F)C1(F)F)C2(F)F. The monoisotopic (exact) mass is 514 g/mol. The number of ether oxygens (including phenoxy) is 1. The predicted molar refractivity (Wildman–Crippen MR) is 60.3 cm³/mol. The highest BCUT2D eigenvalue weighted by Crippen LogP contribution is 2.90. The number of carbonyl (C=O) groups is 1. The van der Waals surface area contributed by atoms with Gasteiger partial charge in [-0.3, -0.25) is 0 Å². The normalized spacial score (nSPS) is 43.7. The number of rotatable bonds is 3. The van der Waals surface area contributed by atoms with E-state index in [2.05, 4.69) is 4.74 Å². The van der Waals surface area contributed by atoms with Gasteiger partial charge in [0.15, 0.2) is 12.6 Å².